The topological polar surface area (TPSA) is 6.48 Å². The Morgan fingerprint density at radius 2 is 1.58 bits per heavy atom. The largest absolute Gasteiger partial charge is 0.371 e. The first-order valence-electron chi connectivity index (χ1n) is 7.59. The lowest BCUT2D eigenvalue weighted by Crippen LogP contribution is -2.31. The van der Waals surface area contributed by atoms with Gasteiger partial charge in [-0.05, 0) is 62.9 Å². The molecule has 0 N–H and O–H groups in total. The molecular weight excluding hydrogens is 300 g/mol. The van der Waals surface area contributed by atoms with Crippen molar-refractivity contribution in [1.82, 2.24) is 4.90 Å². The van der Waals surface area contributed by atoms with E-state index in [1.807, 2.05) is 0 Å². The Morgan fingerprint density at radius 1 is 0.895 bits per heavy atom. The molecule has 104 valence electrons. The Bertz CT molecular complexity index is 421. The summed E-state index contributed by atoms with van der Waals surface area (Å²) in [5, 5.41) is 0. The molecule has 0 aromatic heterocycles. The summed E-state index contributed by atoms with van der Waals surface area (Å²) in [5.41, 5.74) is 2.97. The molecule has 3 heteroatoms. The highest BCUT2D eigenvalue weighted by Crippen LogP contribution is 2.29. The lowest BCUT2D eigenvalue weighted by molar-refractivity contribution is 0.331. The maximum atomic E-state index is 3.64. The van der Waals surface area contributed by atoms with E-state index in [0.717, 1.165) is 6.54 Å². The Hall–Kier alpha value is -0.540. The number of likely N-dealkylation sites (tertiary alicyclic amines) is 1. The normalized spacial score (nSPS) is 21.0. The molecule has 2 aliphatic rings. The minimum Gasteiger partial charge on any atom is -0.371 e. The van der Waals surface area contributed by atoms with Crippen molar-refractivity contribution in [3.63, 3.8) is 0 Å². The van der Waals surface area contributed by atoms with Crippen LogP contribution in [0, 0.1) is 0 Å². The molecule has 0 radical (unpaired) electrons. The van der Waals surface area contributed by atoms with Crippen LogP contribution >= 0.6 is 15.9 Å². The number of halogens is 1. The predicted molar refractivity (Wildman–Crippen MR) is 84.7 cm³/mol. The number of hydrogen-bond acceptors (Lipinski definition) is 2. The molecule has 2 saturated heterocycles. The lowest BCUT2D eigenvalue weighted by atomic mass is 10.1. The van der Waals surface area contributed by atoms with E-state index in [2.05, 4.69) is 43.9 Å². The molecule has 0 bridgehead atoms. The summed E-state index contributed by atoms with van der Waals surface area (Å²) in [4.78, 5) is 5.18. The number of piperidine rings is 1. The van der Waals surface area contributed by atoms with Crippen molar-refractivity contribution < 1.29 is 0 Å². The highest BCUT2D eigenvalue weighted by molar-refractivity contribution is 9.10. The van der Waals surface area contributed by atoms with E-state index in [1.165, 1.54) is 74.0 Å². The van der Waals surface area contributed by atoms with E-state index < -0.39 is 0 Å². The highest BCUT2D eigenvalue weighted by atomic mass is 79.9. The smallest absolute Gasteiger partial charge is 0.0423 e. The van der Waals surface area contributed by atoms with Gasteiger partial charge in [0.1, 0.15) is 0 Å². The third-order valence-corrected chi connectivity index (χ3v) is 4.83. The van der Waals surface area contributed by atoms with Crippen LogP contribution in [0.2, 0.25) is 0 Å². The molecule has 0 saturated carbocycles. The van der Waals surface area contributed by atoms with Crippen LogP contribution in [0.4, 0.5) is 5.69 Å². The summed E-state index contributed by atoms with van der Waals surface area (Å²) in [6, 6.07) is 6.82. The van der Waals surface area contributed by atoms with Gasteiger partial charge in [0, 0.05) is 29.8 Å². The van der Waals surface area contributed by atoms with Gasteiger partial charge in [0.25, 0.3) is 0 Å². The van der Waals surface area contributed by atoms with E-state index >= 15 is 0 Å². The summed E-state index contributed by atoms with van der Waals surface area (Å²) in [5.74, 6) is 0. The molecule has 3 rings (SSSR count). The Morgan fingerprint density at radius 3 is 2.32 bits per heavy atom. The van der Waals surface area contributed by atoms with Crippen LogP contribution in [0.1, 0.15) is 37.7 Å². The van der Waals surface area contributed by atoms with Gasteiger partial charge in [-0.3, -0.25) is 4.90 Å². The molecule has 0 unspecified atom stereocenters. The minimum absolute atomic E-state index is 1.12. The van der Waals surface area contributed by atoms with Crippen LogP contribution in [-0.2, 0) is 6.54 Å². The fraction of sp³-hybridized carbons (Fsp3) is 0.625. The van der Waals surface area contributed by atoms with Crippen LogP contribution in [0.25, 0.3) is 0 Å². The Kier molecular flexibility index (Phi) is 4.44. The monoisotopic (exact) mass is 322 g/mol. The van der Waals surface area contributed by atoms with E-state index in [-0.39, 0.29) is 0 Å². The van der Waals surface area contributed by atoms with Crippen molar-refractivity contribution in [2.24, 2.45) is 0 Å². The van der Waals surface area contributed by atoms with Crippen molar-refractivity contribution in [1.29, 1.82) is 0 Å². The van der Waals surface area contributed by atoms with Gasteiger partial charge in [-0.1, -0.05) is 22.0 Å². The van der Waals surface area contributed by atoms with E-state index in [4.69, 9.17) is 0 Å². The molecular formula is C16H23BrN2. The quantitative estimate of drug-likeness (QED) is 0.828. The van der Waals surface area contributed by atoms with Gasteiger partial charge >= 0.3 is 0 Å². The van der Waals surface area contributed by atoms with Crippen LogP contribution in [0.5, 0.6) is 0 Å². The van der Waals surface area contributed by atoms with Gasteiger partial charge in [0.2, 0.25) is 0 Å². The van der Waals surface area contributed by atoms with Crippen LogP contribution in [-0.4, -0.2) is 31.1 Å². The molecule has 0 atom stereocenters. The molecule has 0 amide bonds. The first kappa shape index (κ1) is 13.4. The minimum atomic E-state index is 1.12. The van der Waals surface area contributed by atoms with E-state index in [0.29, 0.717) is 0 Å². The van der Waals surface area contributed by atoms with Gasteiger partial charge in [-0.25, -0.2) is 0 Å². The highest BCUT2D eigenvalue weighted by Gasteiger charge is 2.18. The molecule has 1 aromatic rings. The molecule has 2 fully saturated rings. The first-order chi connectivity index (χ1) is 9.33. The van der Waals surface area contributed by atoms with E-state index in [9.17, 15) is 0 Å². The average molecular weight is 323 g/mol. The molecule has 2 heterocycles. The van der Waals surface area contributed by atoms with Crippen LogP contribution in [0.3, 0.4) is 0 Å². The van der Waals surface area contributed by atoms with Gasteiger partial charge in [-0.2, -0.15) is 0 Å². The zero-order chi connectivity index (χ0) is 13.1. The maximum absolute atomic E-state index is 3.64. The summed E-state index contributed by atoms with van der Waals surface area (Å²) < 4.78 is 1.21. The second-order valence-corrected chi connectivity index (χ2v) is 6.72. The predicted octanol–water partition coefficient (Wildman–Crippen LogP) is 4.04. The summed E-state index contributed by atoms with van der Waals surface area (Å²) in [6.07, 6.45) is 6.82. The number of nitrogens with zero attached hydrogens (tertiary/aromatic N) is 2. The first-order valence-corrected chi connectivity index (χ1v) is 8.38. The van der Waals surface area contributed by atoms with Crippen molar-refractivity contribution in [2.75, 3.05) is 31.1 Å². The average Bonchev–Trinajstić information content (AvgIpc) is 2.95. The molecule has 19 heavy (non-hydrogen) atoms. The SMILES string of the molecule is Brc1ccc(CN2CCCC2)c(N2CCCCC2)c1. The van der Waals surface area contributed by atoms with Crippen molar-refractivity contribution >= 4 is 21.6 Å². The van der Waals surface area contributed by atoms with E-state index in [1.54, 1.807) is 0 Å². The zero-order valence-electron chi connectivity index (χ0n) is 11.6. The van der Waals surface area contributed by atoms with Crippen molar-refractivity contribution in [3.05, 3.63) is 28.2 Å². The summed E-state index contributed by atoms with van der Waals surface area (Å²) >= 11 is 3.64. The summed E-state index contributed by atoms with van der Waals surface area (Å²) in [7, 11) is 0. The maximum Gasteiger partial charge on any atom is 0.0423 e. The fourth-order valence-electron chi connectivity index (χ4n) is 3.28. The lowest BCUT2D eigenvalue weighted by Gasteiger charge is -2.31. The van der Waals surface area contributed by atoms with Gasteiger partial charge in [0.15, 0.2) is 0 Å². The molecule has 0 aliphatic carbocycles. The Labute approximate surface area is 124 Å². The molecule has 2 aliphatic heterocycles. The number of hydrogen-bond donors (Lipinski definition) is 0. The third-order valence-electron chi connectivity index (χ3n) is 4.34. The van der Waals surface area contributed by atoms with Crippen LogP contribution < -0.4 is 4.90 Å². The number of anilines is 1. The summed E-state index contributed by atoms with van der Waals surface area (Å²) in [6.45, 7) is 6.12. The number of rotatable bonds is 3. The standard InChI is InChI=1S/C16H23BrN2/c17-15-7-6-14(13-18-8-4-5-9-18)16(12-15)19-10-2-1-3-11-19/h6-7,12H,1-5,8-11,13H2. The van der Waals surface area contributed by atoms with Gasteiger partial charge in [0.05, 0.1) is 0 Å². The van der Waals surface area contributed by atoms with Crippen LogP contribution in [0.15, 0.2) is 22.7 Å². The second kappa shape index (κ2) is 6.27. The second-order valence-electron chi connectivity index (χ2n) is 5.80. The number of benzene rings is 1. The van der Waals surface area contributed by atoms with Gasteiger partial charge in [-0.15, -0.1) is 0 Å². The van der Waals surface area contributed by atoms with Crippen molar-refractivity contribution in [3.8, 4) is 0 Å². The third kappa shape index (κ3) is 3.32. The molecule has 0 spiro atoms. The molecule has 2 nitrogen and oxygen atoms in total. The van der Waals surface area contributed by atoms with Crippen molar-refractivity contribution in [2.45, 2.75) is 38.6 Å². The molecule has 1 aromatic carbocycles. The van der Waals surface area contributed by atoms with Gasteiger partial charge < -0.3 is 4.90 Å². The zero-order valence-corrected chi connectivity index (χ0v) is 13.2. The fourth-order valence-corrected chi connectivity index (χ4v) is 3.63. The Balaban J connectivity index is 1.80.